The molecule has 3 rings (SSSR count). The second kappa shape index (κ2) is 13.4. The van der Waals surface area contributed by atoms with Crippen LogP contribution in [-0.2, 0) is 9.53 Å². The van der Waals surface area contributed by atoms with Crippen LogP contribution < -0.4 is 11.3 Å². The van der Waals surface area contributed by atoms with Crippen LogP contribution in [0.15, 0.2) is 23.3 Å². The molecule has 0 unspecified atom stereocenters. The van der Waals surface area contributed by atoms with E-state index >= 15 is 0 Å². The van der Waals surface area contributed by atoms with Crippen LogP contribution in [0.3, 0.4) is 0 Å². The molecule has 3 atom stereocenters. The summed E-state index contributed by atoms with van der Waals surface area (Å²) in [6, 6.07) is -0.306. The van der Waals surface area contributed by atoms with Crippen molar-refractivity contribution in [1.82, 2.24) is 19.5 Å². The Labute approximate surface area is 207 Å². The molecule has 35 heavy (non-hydrogen) atoms. The van der Waals surface area contributed by atoms with Gasteiger partial charge in [0.25, 0.3) is 5.56 Å². The van der Waals surface area contributed by atoms with Crippen LogP contribution in [-0.4, -0.2) is 43.3 Å². The molecule has 1 fully saturated rings. The minimum Gasteiger partial charge on any atom is -0.465 e. The SMILES string of the molecule is C=C1[C@H](COC(=O)CCCCCCCCCCCCC)[C@@H](O)C[C@@H]1n1cnc2c(=O)[nH]c(N)nc21. The summed E-state index contributed by atoms with van der Waals surface area (Å²) in [6.45, 7) is 6.47. The van der Waals surface area contributed by atoms with Gasteiger partial charge in [-0.3, -0.25) is 14.6 Å². The van der Waals surface area contributed by atoms with Crippen molar-refractivity contribution in [2.24, 2.45) is 5.92 Å². The van der Waals surface area contributed by atoms with Crippen molar-refractivity contribution < 1.29 is 14.6 Å². The molecule has 2 aromatic heterocycles. The van der Waals surface area contributed by atoms with Crippen LogP contribution in [0.2, 0.25) is 0 Å². The van der Waals surface area contributed by atoms with E-state index in [-0.39, 0.29) is 36.0 Å². The van der Waals surface area contributed by atoms with Gasteiger partial charge in [-0.15, -0.1) is 0 Å². The fourth-order valence-electron chi connectivity index (χ4n) is 4.91. The quantitative estimate of drug-likeness (QED) is 0.192. The Bertz CT molecular complexity index is 1030. The number of anilines is 1. The number of hydrogen-bond donors (Lipinski definition) is 3. The van der Waals surface area contributed by atoms with E-state index in [0.29, 0.717) is 18.5 Å². The largest absolute Gasteiger partial charge is 0.465 e. The lowest BCUT2D eigenvalue weighted by atomic mass is 10.0. The van der Waals surface area contributed by atoms with E-state index in [9.17, 15) is 14.7 Å². The van der Waals surface area contributed by atoms with Gasteiger partial charge in [0.05, 0.1) is 18.5 Å². The number of esters is 1. The first-order valence-electron chi connectivity index (χ1n) is 13.2. The van der Waals surface area contributed by atoms with Crippen LogP contribution in [0.1, 0.15) is 96.4 Å². The number of carbonyl (C=O) groups is 1. The normalized spacial score (nSPS) is 20.1. The summed E-state index contributed by atoms with van der Waals surface area (Å²) in [4.78, 5) is 35.0. The summed E-state index contributed by atoms with van der Waals surface area (Å²) in [5.41, 5.74) is 6.52. The number of nitrogens with two attached hydrogens (primary N) is 1. The third-order valence-corrected chi connectivity index (χ3v) is 7.03. The summed E-state index contributed by atoms with van der Waals surface area (Å²) in [5, 5.41) is 10.6. The monoisotopic (exact) mass is 487 g/mol. The molecule has 0 radical (unpaired) electrons. The highest BCUT2D eigenvalue weighted by molar-refractivity contribution is 5.71. The van der Waals surface area contributed by atoms with Crippen LogP contribution >= 0.6 is 0 Å². The molecule has 194 valence electrons. The molecule has 0 bridgehead atoms. The van der Waals surface area contributed by atoms with Gasteiger partial charge in [-0.05, 0) is 18.4 Å². The van der Waals surface area contributed by atoms with Gasteiger partial charge in [0.2, 0.25) is 5.95 Å². The minimum atomic E-state index is -0.709. The van der Waals surface area contributed by atoms with E-state index in [2.05, 4.69) is 28.5 Å². The molecule has 2 heterocycles. The van der Waals surface area contributed by atoms with Crippen molar-refractivity contribution >= 4 is 23.1 Å². The van der Waals surface area contributed by atoms with Gasteiger partial charge < -0.3 is 20.1 Å². The van der Waals surface area contributed by atoms with Crippen molar-refractivity contribution in [1.29, 1.82) is 0 Å². The number of nitrogens with one attached hydrogen (secondary N) is 1. The predicted molar refractivity (Wildman–Crippen MR) is 137 cm³/mol. The zero-order chi connectivity index (χ0) is 25.2. The van der Waals surface area contributed by atoms with Gasteiger partial charge in [-0.2, -0.15) is 4.98 Å². The van der Waals surface area contributed by atoms with Crippen molar-refractivity contribution in [3.05, 3.63) is 28.8 Å². The molecule has 2 aromatic rings. The van der Waals surface area contributed by atoms with Crippen LogP contribution in [0.4, 0.5) is 5.95 Å². The number of H-pyrrole nitrogens is 1. The molecular weight excluding hydrogens is 446 g/mol. The predicted octanol–water partition coefficient (Wildman–Crippen LogP) is 4.42. The van der Waals surface area contributed by atoms with Crippen molar-refractivity contribution in [3.63, 3.8) is 0 Å². The molecule has 1 aliphatic rings. The lowest BCUT2D eigenvalue weighted by Crippen LogP contribution is -2.22. The highest BCUT2D eigenvalue weighted by Gasteiger charge is 2.39. The summed E-state index contributed by atoms with van der Waals surface area (Å²) in [6.07, 6.45) is 15.1. The molecular formula is C26H41N5O4. The summed E-state index contributed by atoms with van der Waals surface area (Å²) in [5.74, 6) is -0.613. The Morgan fingerprint density at radius 2 is 1.80 bits per heavy atom. The number of nitrogens with zero attached hydrogens (tertiary/aromatic N) is 3. The van der Waals surface area contributed by atoms with Gasteiger partial charge in [0.15, 0.2) is 11.2 Å². The number of unbranched alkanes of at least 4 members (excludes halogenated alkanes) is 10. The average molecular weight is 488 g/mol. The minimum absolute atomic E-state index is 0.00120. The summed E-state index contributed by atoms with van der Waals surface area (Å²) < 4.78 is 7.18. The molecule has 0 saturated heterocycles. The van der Waals surface area contributed by atoms with E-state index in [1.54, 1.807) is 4.57 Å². The number of aromatic nitrogens is 4. The maximum absolute atomic E-state index is 12.2. The molecule has 1 saturated carbocycles. The maximum atomic E-state index is 12.2. The molecule has 0 aliphatic heterocycles. The first-order valence-corrected chi connectivity index (χ1v) is 13.2. The first kappa shape index (κ1) is 26.9. The molecule has 0 spiro atoms. The zero-order valence-electron chi connectivity index (χ0n) is 21.0. The first-order chi connectivity index (χ1) is 16.9. The highest BCUT2D eigenvalue weighted by atomic mass is 16.5. The number of aromatic amines is 1. The van der Waals surface area contributed by atoms with Crippen LogP contribution in [0, 0.1) is 5.92 Å². The number of imidazole rings is 1. The Morgan fingerprint density at radius 1 is 1.17 bits per heavy atom. The number of ether oxygens (including phenoxy) is 1. The molecule has 9 heteroatoms. The molecule has 9 nitrogen and oxygen atoms in total. The Kier molecular flexibility index (Phi) is 10.3. The standard InChI is InChI=1S/C26H41N5O4/c1-3-4-5-6-7-8-9-10-11-12-13-14-22(33)35-16-19-18(2)20(15-21(19)32)31-17-28-23-24(31)29-26(27)30-25(23)34/h17,19-21,32H,2-16H2,1H3,(H3,27,29,30,34)/t19-,20-,21-/m0/s1. The number of carbonyl (C=O) groups excluding carboxylic acids is 1. The number of aliphatic hydroxyl groups is 1. The fraction of sp³-hybridized carbons (Fsp3) is 0.692. The number of rotatable bonds is 15. The number of hydrogen-bond acceptors (Lipinski definition) is 7. The molecule has 0 amide bonds. The summed E-state index contributed by atoms with van der Waals surface area (Å²) >= 11 is 0. The Hall–Kier alpha value is -2.68. The molecule has 4 N–H and O–H groups in total. The lowest BCUT2D eigenvalue weighted by Gasteiger charge is -2.17. The summed E-state index contributed by atoms with van der Waals surface area (Å²) in [7, 11) is 0. The number of fused-ring (bicyclic) bond motifs is 1. The van der Waals surface area contributed by atoms with E-state index in [4.69, 9.17) is 10.5 Å². The van der Waals surface area contributed by atoms with E-state index in [1.807, 2.05) is 0 Å². The lowest BCUT2D eigenvalue weighted by molar-refractivity contribution is -0.145. The van der Waals surface area contributed by atoms with Crippen molar-refractivity contribution in [3.8, 4) is 0 Å². The smallest absolute Gasteiger partial charge is 0.305 e. The third kappa shape index (κ3) is 7.40. The van der Waals surface area contributed by atoms with Crippen molar-refractivity contribution in [2.45, 2.75) is 103 Å². The third-order valence-electron chi connectivity index (χ3n) is 7.03. The fourth-order valence-corrected chi connectivity index (χ4v) is 4.91. The van der Waals surface area contributed by atoms with Gasteiger partial charge in [0, 0.05) is 12.3 Å². The Balaban J connectivity index is 1.36. The zero-order valence-corrected chi connectivity index (χ0v) is 21.0. The van der Waals surface area contributed by atoms with Gasteiger partial charge in [0.1, 0.15) is 6.61 Å². The number of aliphatic hydroxyl groups excluding tert-OH is 1. The number of nitrogen functional groups attached to an aromatic ring is 1. The van der Waals surface area contributed by atoms with Gasteiger partial charge >= 0.3 is 5.97 Å². The van der Waals surface area contributed by atoms with Crippen LogP contribution in [0.5, 0.6) is 0 Å². The van der Waals surface area contributed by atoms with E-state index < -0.39 is 11.7 Å². The topological polar surface area (TPSA) is 136 Å². The average Bonchev–Trinajstić information content (AvgIpc) is 3.36. The van der Waals surface area contributed by atoms with E-state index in [1.165, 1.54) is 57.7 Å². The van der Waals surface area contributed by atoms with Crippen molar-refractivity contribution in [2.75, 3.05) is 12.3 Å². The Morgan fingerprint density at radius 3 is 2.46 bits per heavy atom. The second-order valence-electron chi connectivity index (χ2n) is 9.74. The van der Waals surface area contributed by atoms with Crippen LogP contribution in [0.25, 0.3) is 11.2 Å². The molecule has 0 aromatic carbocycles. The van der Waals surface area contributed by atoms with Gasteiger partial charge in [-0.25, -0.2) is 4.98 Å². The second-order valence-corrected chi connectivity index (χ2v) is 9.74. The van der Waals surface area contributed by atoms with E-state index in [0.717, 1.165) is 24.8 Å². The highest BCUT2D eigenvalue weighted by Crippen LogP contribution is 2.40. The maximum Gasteiger partial charge on any atom is 0.305 e. The molecule has 1 aliphatic carbocycles. The van der Waals surface area contributed by atoms with Gasteiger partial charge in [-0.1, -0.05) is 77.7 Å².